The number of likely N-dealkylation sites (tertiary alicyclic amines) is 1. The molecule has 8 heteroatoms. The Morgan fingerprint density at radius 3 is 2.90 bits per heavy atom. The Morgan fingerprint density at radius 1 is 1.32 bits per heavy atom. The zero-order chi connectivity index (χ0) is 22.0. The second-order valence-electron chi connectivity index (χ2n) is 8.30. The minimum atomic E-state index is -0.349. The third-order valence-electron chi connectivity index (χ3n) is 6.16. The molecule has 0 radical (unpaired) electrons. The van der Waals surface area contributed by atoms with Crippen molar-refractivity contribution in [3.8, 4) is 0 Å². The van der Waals surface area contributed by atoms with Crippen LogP contribution < -0.4 is 5.32 Å². The van der Waals surface area contributed by atoms with Crippen molar-refractivity contribution in [1.29, 1.82) is 0 Å². The van der Waals surface area contributed by atoms with Gasteiger partial charge in [-0.2, -0.15) is 0 Å². The number of carbonyl (C=O) groups is 2. The number of amides is 2. The molecule has 3 aromatic rings. The van der Waals surface area contributed by atoms with Gasteiger partial charge in [-0.15, -0.1) is 10.2 Å². The fraction of sp³-hybridized carbons (Fsp3) is 0.478. The summed E-state index contributed by atoms with van der Waals surface area (Å²) in [5.74, 6) is -0.0878. The molecule has 3 heterocycles. The van der Waals surface area contributed by atoms with Crippen molar-refractivity contribution in [1.82, 2.24) is 20.1 Å². The van der Waals surface area contributed by atoms with Crippen LogP contribution in [0.3, 0.4) is 0 Å². The first-order valence-corrected chi connectivity index (χ1v) is 11.8. The lowest BCUT2D eigenvalue weighted by molar-refractivity contribution is -0.128. The molecule has 1 saturated heterocycles. The van der Waals surface area contributed by atoms with E-state index < -0.39 is 0 Å². The highest BCUT2D eigenvalue weighted by Crippen LogP contribution is 2.29. The zero-order valence-corrected chi connectivity index (χ0v) is 19.1. The SMILES string of the molecule is CCC(CC)c1nnc(NC(=O)[C@@H]2CC(=O)N(CCc3c[nH]c4ccc(C)cc34)C2)s1. The average molecular weight is 440 g/mol. The molecule has 0 unspecified atom stereocenters. The predicted molar refractivity (Wildman–Crippen MR) is 123 cm³/mol. The molecule has 7 nitrogen and oxygen atoms in total. The summed E-state index contributed by atoms with van der Waals surface area (Å²) in [5.41, 5.74) is 3.52. The van der Waals surface area contributed by atoms with E-state index in [4.69, 9.17) is 0 Å². The minimum Gasteiger partial charge on any atom is -0.361 e. The fourth-order valence-corrected chi connectivity index (χ4v) is 5.23. The van der Waals surface area contributed by atoms with Gasteiger partial charge in [0, 0.05) is 42.5 Å². The standard InChI is InChI=1S/C23H29N5O2S/c1-4-15(5-2)22-26-27-23(31-22)25-21(30)17-11-20(29)28(13-17)9-8-16-12-24-19-7-6-14(3)10-18(16)19/h6-7,10,12,15,17,24H,4-5,8-9,11,13H2,1-3H3,(H,25,27,30)/t17-/m1/s1. The Hall–Kier alpha value is -2.74. The maximum atomic E-state index is 12.7. The summed E-state index contributed by atoms with van der Waals surface area (Å²) in [5, 5.41) is 13.9. The molecule has 2 aromatic heterocycles. The number of carbonyl (C=O) groups excluding carboxylic acids is 2. The first-order valence-electron chi connectivity index (χ1n) is 11.0. The topological polar surface area (TPSA) is 91.0 Å². The van der Waals surface area contributed by atoms with E-state index in [1.807, 2.05) is 6.20 Å². The highest BCUT2D eigenvalue weighted by atomic mass is 32.1. The van der Waals surface area contributed by atoms with Crippen LogP contribution in [-0.2, 0) is 16.0 Å². The van der Waals surface area contributed by atoms with Crippen molar-refractivity contribution in [3.63, 3.8) is 0 Å². The van der Waals surface area contributed by atoms with E-state index in [0.29, 0.717) is 24.1 Å². The zero-order valence-electron chi connectivity index (χ0n) is 18.3. The second-order valence-corrected chi connectivity index (χ2v) is 9.31. The van der Waals surface area contributed by atoms with Gasteiger partial charge in [-0.05, 0) is 43.9 Å². The highest BCUT2D eigenvalue weighted by Gasteiger charge is 2.34. The van der Waals surface area contributed by atoms with Crippen molar-refractivity contribution < 1.29 is 9.59 Å². The van der Waals surface area contributed by atoms with Crippen LogP contribution in [0.2, 0.25) is 0 Å². The maximum absolute atomic E-state index is 12.7. The molecule has 4 rings (SSSR count). The lowest BCUT2D eigenvalue weighted by atomic mass is 10.1. The quantitative estimate of drug-likeness (QED) is 0.549. The molecule has 1 aromatic carbocycles. The lowest BCUT2D eigenvalue weighted by Crippen LogP contribution is -2.30. The summed E-state index contributed by atoms with van der Waals surface area (Å²) in [6.45, 7) is 7.40. The number of aromatic nitrogens is 3. The molecular formula is C23H29N5O2S. The minimum absolute atomic E-state index is 0.0335. The van der Waals surface area contributed by atoms with Crippen LogP contribution in [0.4, 0.5) is 5.13 Å². The van der Waals surface area contributed by atoms with E-state index in [0.717, 1.165) is 29.8 Å². The van der Waals surface area contributed by atoms with Gasteiger partial charge >= 0.3 is 0 Å². The van der Waals surface area contributed by atoms with Crippen LogP contribution in [-0.4, -0.2) is 45.0 Å². The predicted octanol–water partition coefficient (Wildman–Crippen LogP) is 4.26. The van der Waals surface area contributed by atoms with Crippen LogP contribution in [0.1, 0.15) is 55.2 Å². The monoisotopic (exact) mass is 439 g/mol. The Labute approximate surface area is 186 Å². The molecule has 164 valence electrons. The van der Waals surface area contributed by atoms with E-state index in [1.54, 1.807) is 4.90 Å². The van der Waals surface area contributed by atoms with Crippen molar-refractivity contribution in [2.24, 2.45) is 5.92 Å². The van der Waals surface area contributed by atoms with Gasteiger partial charge in [0.25, 0.3) is 0 Å². The Balaban J connectivity index is 1.34. The summed E-state index contributed by atoms with van der Waals surface area (Å²) >= 11 is 1.43. The summed E-state index contributed by atoms with van der Waals surface area (Å²) in [4.78, 5) is 30.3. The van der Waals surface area contributed by atoms with Crippen LogP contribution in [0.5, 0.6) is 0 Å². The number of benzene rings is 1. The molecule has 1 fully saturated rings. The van der Waals surface area contributed by atoms with Crippen molar-refractivity contribution in [2.45, 2.75) is 52.4 Å². The first-order chi connectivity index (χ1) is 15.0. The number of hydrogen-bond acceptors (Lipinski definition) is 5. The van der Waals surface area contributed by atoms with Gasteiger partial charge in [-0.1, -0.05) is 36.8 Å². The summed E-state index contributed by atoms with van der Waals surface area (Å²) in [7, 11) is 0. The highest BCUT2D eigenvalue weighted by molar-refractivity contribution is 7.15. The molecule has 1 atom stereocenters. The average Bonchev–Trinajstić information content (AvgIpc) is 3.46. The van der Waals surface area contributed by atoms with Crippen molar-refractivity contribution >= 4 is 39.2 Å². The van der Waals surface area contributed by atoms with Gasteiger partial charge < -0.3 is 15.2 Å². The van der Waals surface area contributed by atoms with E-state index >= 15 is 0 Å². The van der Waals surface area contributed by atoms with Gasteiger partial charge in [0.2, 0.25) is 16.9 Å². The number of hydrogen-bond donors (Lipinski definition) is 2. The van der Waals surface area contributed by atoms with Crippen LogP contribution in [0.15, 0.2) is 24.4 Å². The number of rotatable bonds is 8. The molecular weight excluding hydrogens is 410 g/mol. The molecule has 1 aliphatic rings. The number of nitrogens with one attached hydrogen (secondary N) is 2. The Morgan fingerprint density at radius 2 is 2.13 bits per heavy atom. The van der Waals surface area contributed by atoms with Crippen LogP contribution in [0.25, 0.3) is 10.9 Å². The number of nitrogens with zero attached hydrogens (tertiary/aromatic N) is 3. The van der Waals surface area contributed by atoms with Crippen LogP contribution >= 0.6 is 11.3 Å². The number of aromatic amines is 1. The molecule has 31 heavy (non-hydrogen) atoms. The first kappa shape index (κ1) is 21.5. The number of aryl methyl sites for hydroxylation is 1. The second kappa shape index (κ2) is 9.18. The summed E-state index contributed by atoms with van der Waals surface area (Å²) < 4.78 is 0. The van der Waals surface area contributed by atoms with Gasteiger partial charge in [-0.3, -0.25) is 9.59 Å². The largest absolute Gasteiger partial charge is 0.361 e. The molecule has 0 saturated carbocycles. The fourth-order valence-electron chi connectivity index (χ4n) is 4.21. The van der Waals surface area contributed by atoms with Crippen molar-refractivity contribution in [3.05, 3.63) is 40.5 Å². The smallest absolute Gasteiger partial charge is 0.231 e. The van der Waals surface area contributed by atoms with Gasteiger partial charge in [0.15, 0.2) is 0 Å². The third-order valence-corrected chi connectivity index (χ3v) is 7.17. The summed E-state index contributed by atoms with van der Waals surface area (Å²) in [6.07, 6.45) is 5.03. The van der Waals surface area contributed by atoms with Gasteiger partial charge in [-0.25, -0.2) is 0 Å². The molecule has 1 aliphatic heterocycles. The number of H-pyrrole nitrogens is 1. The Kier molecular flexibility index (Phi) is 6.36. The number of anilines is 1. The van der Waals surface area contributed by atoms with Gasteiger partial charge in [0.05, 0.1) is 5.92 Å². The van der Waals surface area contributed by atoms with Crippen LogP contribution in [0, 0.1) is 12.8 Å². The molecule has 0 spiro atoms. The molecule has 0 bridgehead atoms. The van der Waals surface area contributed by atoms with Crippen molar-refractivity contribution in [2.75, 3.05) is 18.4 Å². The normalized spacial score (nSPS) is 16.6. The Bertz CT molecular complexity index is 1080. The maximum Gasteiger partial charge on any atom is 0.231 e. The summed E-state index contributed by atoms with van der Waals surface area (Å²) in [6, 6.07) is 6.33. The molecule has 2 amide bonds. The number of fused-ring (bicyclic) bond motifs is 1. The lowest BCUT2D eigenvalue weighted by Gasteiger charge is -2.16. The van der Waals surface area contributed by atoms with E-state index in [9.17, 15) is 9.59 Å². The van der Waals surface area contributed by atoms with E-state index in [-0.39, 0.29) is 24.2 Å². The third kappa shape index (κ3) is 4.63. The van der Waals surface area contributed by atoms with E-state index in [1.165, 1.54) is 27.8 Å². The van der Waals surface area contributed by atoms with Gasteiger partial charge in [0.1, 0.15) is 5.01 Å². The molecule has 2 N–H and O–H groups in total. The molecule has 0 aliphatic carbocycles. The van der Waals surface area contributed by atoms with E-state index in [2.05, 4.69) is 59.5 Å².